The molecule has 0 aliphatic heterocycles. The molecule has 0 bridgehead atoms. The van der Waals surface area contributed by atoms with Crippen LogP contribution in [-0.4, -0.2) is 19.5 Å². The average molecular weight is 821 g/mol. The maximum atomic E-state index is 6.86. The van der Waals surface area contributed by atoms with Gasteiger partial charge < -0.3 is 17.8 Å². The fraction of sp³-hybridized carbons (Fsp3) is 0. The maximum Gasteiger partial charge on any atom is 0.167 e. The van der Waals surface area contributed by atoms with Crippen LogP contribution in [0.2, 0.25) is 0 Å². The normalized spacial score (nSPS) is 12.1. The maximum absolute atomic E-state index is 6.86. The minimum absolute atomic E-state index is 0.525. The predicted octanol–water partition coefficient (Wildman–Crippen LogP) is 15.3. The smallest absolute Gasteiger partial charge is 0.167 e. The molecule has 64 heavy (non-hydrogen) atoms. The SMILES string of the molecule is c1ccc(-c2nc(-c3cccc4c3oc3ccccc34)nc(-c3cccc4oc5ccc(-c6ccc(-n7c8ccccc8c8ccccc87)c7oc8ccccc8c67)cc5c34)n2)cc1. The summed E-state index contributed by atoms with van der Waals surface area (Å²) >= 11 is 0. The van der Waals surface area contributed by atoms with E-state index in [-0.39, 0.29) is 0 Å². The molecule has 14 aromatic rings. The van der Waals surface area contributed by atoms with E-state index in [0.717, 1.165) is 110 Å². The first-order valence-electron chi connectivity index (χ1n) is 21.3. The third-order valence-electron chi connectivity index (χ3n) is 12.7. The van der Waals surface area contributed by atoms with Gasteiger partial charge in [-0.3, -0.25) is 0 Å². The Morgan fingerprint density at radius 1 is 0.312 bits per heavy atom. The molecule has 0 saturated carbocycles. The van der Waals surface area contributed by atoms with Crippen molar-refractivity contribution in [2.75, 3.05) is 0 Å². The standard InChI is InChI=1S/C57H32N4O3/c1-2-14-33(15-3-1)55-58-56(60-57(59-55)42-22-12-20-39-38-18-6-10-25-47(38)63-53(39)42)41-21-13-27-50-51(41)43-32-34(28-31-49(43)62-50)35-29-30-46(54-52(35)40-19-7-11-26-48(40)64-54)61-44-23-8-4-16-36(44)37-17-5-9-24-45(37)61/h1-32H. The van der Waals surface area contributed by atoms with Gasteiger partial charge in [-0.05, 0) is 65.7 Å². The molecule has 0 amide bonds. The summed E-state index contributed by atoms with van der Waals surface area (Å²) in [6.07, 6.45) is 0. The highest BCUT2D eigenvalue weighted by Gasteiger charge is 2.23. The van der Waals surface area contributed by atoms with Gasteiger partial charge in [-0.2, -0.15) is 0 Å². The van der Waals surface area contributed by atoms with Crippen LogP contribution in [-0.2, 0) is 0 Å². The van der Waals surface area contributed by atoms with E-state index in [1.54, 1.807) is 0 Å². The van der Waals surface area contributed by atoms with Gasteiger partial charge >= 0.3 is 0 Å². The Morgan fingerprint density at radius 3 is 1.69 bits per heavy atom. The Hall–Kier alpha value is -8.81. The van der Waals surface area contributed by atoms with Gasteiger partial charge in [0.25, 0.3) is 0 Å². The first kappa shape index (κ1) is 34.9. The molecule has 14 rings (SSSR count). The van der Waals surface area contributed by atoms with Gasteiger partial charge in [-0.15, -0.1) is 0 Å². The van der Waals surface area contributed by atoms with Crippen molar-refractivity contribution >= 4 is 87.6 Å². The van der Waals surface area contributed by atoms with Gasteiger partial charge in [0.2, 0.25) is 0 Å². The van der Waals surface area contributed by atoms with E-state index in [4.69, 9.17) is 28.2 Å². The lowest BCUT2D eigenvalue weighted by Crippen LogP contribution is -2.00. The Morgan fingerprint density at radius 2 is 0.891 bits per heavy atom. The quantitative estimate of drug-likeness (QED) is 0.172. The van der Waals surface area contributed by atoms with Gasteiger partial charge in [0.05, 0.1) is 22.3 Å². The van der Waals surface area contributed by atoms with Crippen LogP contribution in [0.4, 0.5) is 0 Å². The second-order valence-electron chi connectivity index (χ2n) is 16.2. The molecule has 298 valence electrons. The van der Waals surface area contributed by atoms with Crippen molar-refractivity contribution in [2.45, 2.75) is 0 Å². The van der Waals surface area contributed by atoms with Crippen LogP contribution >= 0.6 is 0 Å². The molecule has 0 aliphatic rings. The summed E-state index contributed by atoms with van der Waals surface area (Å²) in [5, 5.41) is 8.44. The Bertz CT molecular complexity index is 4160. The van der Waals surface area contributed by atoms with Crippen molar-refractivity contribution in [3.63, 3.8) is 0 Å². The molecule has 0 spiro atoms. The molecule has 0 saturated heterocycles. The first-order valence-corrected chi connectivity index (χ1v) is 21.3. The zero-order valence-electron chi connectivity index (χ0n) is 34.0. The minimum Gasteiger partial charge on any atom is -0.456 e. The first-order chi connectivity index (χ1) is 31.7. The number of hydrogen-bond acceptors (Lipinski definition) is 6. The molecule has 0 fully saturated rings. The van der Waals surface area contributed by atoms with E-state index in [0.29, 0.717) is 17.5 Å². The lowest BCUT2D eigenvalue weighted by atomic mass is 9.96. The Balaban J connectivity index is 0.994. The summed E-state index contributed by atoms with van der Waals surface area (Å²) in [6.45, 7) is 0. The number of rotatable bonds is 5. The highest BCUT2D eigenvalue weighted by atomic mass is 16.3. The van der Waals surface area contributed by atoms with Crippen LogP contribution in [0.25, 0.3) is 139 Å². The lowest BCUT2D eigenvalue weighted by molar-refractivity contribution is 0.666. The second kappa shape index (κ2) is 13.3. The number of benzene rings is 9. The van der Waals surface area contributed by atoms with Gasteiger partial charge in [0.15, 0.2) is 23.1 Å². The van der Waals surface area contributed by atoms with Gasteiger partial charge in [0.1, 0.15) is 27.9 Å². The van der Waals surface area contributed by atoms with Crippen molar-refractivity contribution in [1.29, 1.82) is 0 Å². The predicted molar refractivity (Wildman–Crippen MR) is 258 cm³/mol. The largest absolute Gasteiger partial charge is 0.456 e. The minimum atomic E-state index is 0.525. The number of aromatic nitrogens is 4. The highest BCUT2D eigenvalue weighted by molar-refractivity contribution is 6.19. The summed E-state index contributed by atoms with van der Waals surface area (Å²) in [7, 11) is 0. The zero-order valence-corrected chi connectivity index (χ0v) is 34.0. The number of hydrogen-bond donors (Lipinski definition) is 0. The second-order valence-corrected chi connectivity index (χ2v) is 16.2. The van der Waals surface area contributed by atoms with E-state index in [1.807, 2.05) is 78.9 Å². The van der Waals surface area contributed by atoms with Crippen molar-refractivity contribution in [3.8, 4) is 51.0 Å². The van der Waals surface area contributed by atoms with E-state index < -0.39 is 0 Å². The molecule has 7 heteroatoms. The van der Waals surface area contributed by atoms with Crippen LogP contribution in [0.15, 0.2) is 207 Å². The molecule has 0 N–H and O–H groups in total. The summed E-state index contributed by atoms with van der Waals surface area (Å²) in [5.41, 5.74) is 12.6. The summed E-state index contributed by atoms with van der Waals surface area (Å²) in [5.74, 6) is 1.63. The third kappa shape index (κ3) is 5.06. The molecule has 0 radical (unpaired) electrons. The van der Waals surface area contributed by atoms with Gasteiger partial charge in [0, 0.05) is 54.2 Å². The van der Waals surface area contributed by atoms with E-state index >= 15 is 0 Å². The summed E-state index contributed by atoms with van der Waals surface area (Å²) in [6, 6.07) is 66.7. The molecule has 7 nitrogen and oxygen atoms in total. The fourth-order valence-electron chi connectivity index (χ4n) is 9.85. The van der Waals surface area contributed by atoms with Crippen LogP contribution in [0.1, 0.15) is 0 Å². The number of fused-ring (bicyclic) bond motifs is 12. The van der Waals surface area contributed by atoms with Crippen molar-refractivity contribution in [2.24, 2.45) is 0 Å². The van der Waals surface area contributed by atoms with Crippen molar-refractivity contribution in [1.82, 2.24) is 19.5 Å². The van der Waals surface area contributed by atoms with Crippen LogP contribution < -0.4 is 0 Å². The monoisotopic (exact) mass is 820 g/mol. The number of furan rings is 3. The molecular formula is C57H32N4O3. The van der Waals surface area contributed by atoms with Crippen LogP contribution in [0.5, 0.6) is 0 Å². The van der Waals surface area contributed by atoms with E-state index in [1.165, 1.54) is 10.8 Å². The fourth-order valence-corrected chi connectivity index (χ4v) is 9.85. The molecule has 9 aromatic carbocycles. The summed E-state index contributed by atoms with van der Waals surface area (Å²) < 4.78 is 22.3. The van der Waals surface area contributed by atoms with E-state index in [2.05, 4.69) is 120 Å². The summed E-state index contributed by atoms with van der Waals surface area (Å²) in [4.78, 5) is 15.5. The molecule has 0 aliphatic carbocycles. The third-order valence-corrected chi connectivity index (χ3v) is 12.7. The van der Waals surface area contributed by atoms with Crippen LogP contribution in [0, 0.1) is 0 Å². The Labute approximate surface area is 364 Å². The molecule has 0 atom stereocenters. The molecular weight excluding hydrogens is 789 g/mol. The molecule has 0 unspecified atom stereocenters. The molecule has 5 aromatic heterocycles. The molecule has 5 heterocycles. The van der Waals surface area contributed by atoms with Gasteiger partial charge in [-0.1, -0.05) is 140 Å². The van der Waals surface area contributed by atoms with E-state index in [9.17, 15) is 0 Å². The topological polar surface area (TPSA) is 83.0 Å². The number of nitrogens with zero attached hydrogens (tertiary/aromatic N) is 4. The van der Waals surface area contributed by atoms with Crippen molar-refractivity contribution in [3.05, 3.63) is 194 Å². The number of para-hydroxylation sites is 5. The lowest BCUT2D eigenvalue weighted by Gasteiger charge is -2.12. The van der Waals surface area contributed by atoms with Crippen LogP contribution in [0.3, 0.4) is 0 Å². The highest BCUT2D eigenvalue weighted by Crippen LogP contribution is 2.45. The zero-order chi connectivity index (χ0) is 41.9. The van der Waals surface area contributed by atoms with Gasteiger partial charge in [-0.25, -0.2) is 15.0 Å². The Kier molecular flexibility index (Phi) is 7.27. The average Bonchev–Trinajstić information content (AvgIpc) is 4.13. The van der Waals surface area contributed by atoms with Crippen molar-refractivity contribution < 1.29 is 13.3 Å².